The lowest BCUT2D eigenvalue weighted by atomic mass is 9.69. The van der Waals surface area contributed by atoms with Gasteiger partial charge >= 0.3 is 0 Å². The van der Waals surface area contributed by atoms with Gasteiger partial charge in [-0.2, -0.15) is 0 Å². The summed E-state index contributed by atoms with van der Waals surface area (Å²) in [5, 5.41) is 13.6. The minimum atomic E-state index is 0.315. The van der Waals surface area contributed by atoms with Crippen molar-refractivity contribution in [2.24, 2.45) is 5.92 Å². The van der Waals surface area contributed by atoms with Gasteiger partial charge in [-0.15, -0.1) is 0 Å². The van der Waals surface area contributed by atoms with E-state index in [4.69, 9.17) is 0 Å². The summed E-state index contributed by atoms with van der Waals surface area (Å²) in [7, 11) is 0. The molecule has 4 heteroatoms. The molecule has 1 aliphatic carbocycles. The van der Waals surface area contributed by atoms with Crippen LogP contribution in [0.4, 0.5) is 5.69 Å². The molecule has 3 aromatic carbocycles. The Morgan fingerprint density at radius 3 is 2.28 bits per heavy atom. The fourth-order valence-corrected chi connectivity index (χ4v) is 6.80. The van der Waals surface area contributed by atoms with Gasteiger partial charge in [-0.1, -0.05) is 48.5 Å². The highest BCUT2D eigenvalue weighted by atomic mass is 16.3. The highest BCUT2D eigenvalue weighted by Crippen LogP contribution is 2.47. The summed E-state index contributed by atoms with van der Waals surface area (Å²) in [6, 6.07) is 26.4. The number of aromatic hydroxyl groups is 1. The normalized spacial score (nSPS) is 23.4. The number of benzene rings is 3. The van der Waals surface area contributed by atoms with E-state index in [9.17, 15) is 5.11 Å². The van der Waals surface area contributed by atoms with Gasteiger partial charge in [-0.3, -0.25) is 0 Å². The van der Waals surface area contributed by atoms with Crippen LogP contribution in [-0.2, 0) is 6.42 Å². The summed E-state index contributed by atoms with van der Waals surface area (Å²) >= 11 is 0. The molecular formula is C32H39N3O. The molecule has 2 unspecified atom stereocenters. The van der Waals surface area contributed by atoms with Crippen LogP contribution in [0.2, 0.25) is 0 Å². The number of rotatable bonds is 5. The Morgan fingerprint density at radius 1 is 0.778 bits per heavy atom. The van der Waals surface area contributed by atoms with E-state index >= 15 is 0 Å². The standard InChI is InChI=1S/C32H39N3O/c36-29-11-13-31-27(22-29)8-12-30(25-4-2-1-3-5-25)32(31)26-6-9-28(10-7-26)35-18-14-24(15-19-35)23-34-20-16-33-17-21-34/h1-7,9-11,13,22,24,30,32-33,36H,8,12,14-21,23H2. The second kappa shape index (κ2) is 10.7. The van der Waals surface area contributed by atoms with Crippen LogP contribution in [0.5, 0.6) is 5.75 Å². The summed E-state index contributed by atoms with van der Waals surface area (Å²) in [6.45, 7) is 8.28. The highest BCUT2D eigenvalue weighted by Gasteiger charge is 2.32. The predicted octanol–water partition coefficient (Wildman–Crippen LogP) is 5.38. The number of phenolic OH excluding ortho intramolecular Hbond substituents is 1. The van der Waals surface area contributed by atoms with Gasteiger partial charge in [0, 0.05) is 57.4 Å². The Bertz CT molecular complexity index is 1130. The maximum Gasteiger partial charge on any atom is 0.115 e. The number of aryl methyl sites for hydroxylation is 1. The molecule has 0 aromatic heterocycles. The van der Waals surface area contributed by atoms with Crippen molar-refractivity contribution in [3.8, 4) is 5.75 Å². The molecule has 6 rings (SSSR count). The Hall–Kier alpha value is -2.82. The lowest BCUT2D eigenvalue weighted by Gasteiger charge is -2.37. The van der Waals surface area contributed by atoms with Crippen LogP contribution < -0.4 is 10.2 Å². The number of nitrogens with zero attached hydrogens (tertiary/aromatic N) is 2. The van der Waals surface area contributed by atoms with E-state index in [2.05, 4.69) is 75.8 Å². The van der Waals surface area contributed by atoms with Crippen molar-refractivity contribution in [1.29, 1.82) is 0 Å². The van der Waals surface area contributed by atoms with E-state index in [1.807, 2.05) is 12.1 Å². The largest absolute Gasteiger partial charge is 0.508 e. The topological polar surface area (TPSA) is 38.7 Å². The molecule has 0 amide bonds. The fourth-order valence-electron chi connectivity index (χ4n) is 6.80. The van der Waals surface area contributed by atoms with Gasteiger partial charge in [0.1, 0.15) is 5.75 Å². The first kappa shape index (κ1) is 23.6. The minimum absolute atomic E-state index is 0.315. The first-order valence-corrected chi connectivity index (χ1v) is 13.9. The number of nitrogens with one attached hydrogen (secondary N) is 1. The smallest absolute Gasteiger partial charge is 0.115 e. The van der Waals surface area contributed by atoms with Gasteiger partial charge in [0.15, 0.2) is 0 Å². The second-order valence-electron chi connectivity index (χ2n) is 11.0. The van der Waals surface area contributed by atoms with Crippen molar-refractivity contribution in [3.63, 3.8) is 0 Å². The molecule has 2 aliphatic heterocycles. The molecular weight excluding hydrogens is 442 g/mol. The number of piperidine rings is 1. The van der Waals surface area contributed by atoms with E-state index in [0.29, 0.717) is 17.6 Å². The molecule has 2 saturated heterocycles. The third-order valence-corrected chi connectivity index (χ3v) is 8.77. The van der Waals surface area contributed by atoms with Crippen LogP contribution in [0.25, 0.3) is 0 Å². The lowest BCUT2D eigenvalue weighted by molar-refractivity contribution is 0.190. The molecule has 36 heavy (non-hydrogen) atoms. The zero-order valence-electron chi connectivity index (χ0n) is 21.3. The average molecular weight is 482 g/mol. The molecule has 2 atom stereocenters. The molecule has 2 heterocycles. The lowest BCUT2D eigenvalue weighted by Crippen LogP contribution is -2.46. The molecule has 3 aliphatic rings. The number of hydrogen-bond donors (Lipinski definition) is 2. The average Bonchev–Trinajstić information content (AvgIpc) is 2.94. The van der Waals surface area contributed by atoms with Gasteiger partial charge in [0.2, 0.25) is 0 Å². The van der Waals surface area contributed by atoms with Crippen LogP contribution >= 0.6 is 0 Å². The molecule has 188 valence electrons. The maximum absolute atomic E-state index is 10.1. The van der Waals surface area contributed by atoms with Crippen LogP contribution in [0.15, 0.2) is 72.8 Å². The molecule has 0 bridgehead atoms. The van der Waals surface area contributed by atoms with E-state index in [1.54, 1.807) is 0 Å². The van der Waals surface area contributed by atoms with Crippen molar-refractivity contribution in [2.45, 2.75) is 37.5 Å². The first-order chi connectivity index (χ1) is 17.7. The third-order valence-electron chi connectivity index (χ3n) is 8.77. The van der Waals surface area contributed by atoms with E-state index in [-0.39, 0.29) is 0 Å². The highest BCUT2D eigenvalue weighted by molar-refractivity contribution is 5.52. The SMILES string of the molecule is Oc1ccc2c(c1)CCC(c1ccccc1)C2c1ccc(N2CCC(CN3CCNCC3)CC2)cc1. The number of phenols is 1. The minimum Gasteiger partial charge on any atom is -0.508 e. The van der Waals surface area contributed by atoms with Crippen molar-refractivity contribution >= 4 is 5.69 Å². The van der Waals surface area contributed by atoms with Gasteiger partial charge in [0.25, 0.3) is 0 Å². The van der Waals surface area contributed by atoms with Crippen LogP contribution in [0.3, 0.4) is 0 Å². The van der Waals surface area contributed by atoms with Gasteiger partial charge in [-0.25, -0.2) is 0 Å². The first-order valence-electron chi connectivity index (χ1n) is 13.9. The molecule has 3 aromatic rings. The summed E-state index contributed by atoms with van der Waals surface area (Å²) in [5.74, 6) is 1.98. The Labute approximate surface area is 216 Å². The van der Waals surface area contributed by atoms with Crippen LogP contribution in [0.1, 0.15) is 53.4 Å². The molecule has 0 saturated carbocycles. The van der Waals surface area contributed by atoms with Crippen molar-refractivity contribution in [1.82, 2.24) is 10.2 Å². The second-order valence-corrected chi connectivity index (χ2v) is 11.0. The Balaban J connectivity index is 1.18. The molecule has 4 nitrogen and oxygen atoms in total. The van der Waals surface area contributed by atoms with Gasteiger partial charge < -0.3 is 20.2 Å². The zero-order valence-corrected chi connectivity index (χ0v) is 21.3. The van der Waals surface area contributed by atoms with E-state index in [1.165, 1.54) is 60.4 Å². The third kappa shape index (κ3) is 5.02. The number of anilines is 1. The summed E-state index contributed by atoms with van der Waals surface area (Å²) in [6.07, 6.45) is 4.71. The number of fused-ring (bicyclic) bond motifs is 1. The quantitative estimate of drug-likeness (QED) is 0.514. The fraction of sp³-hybridized carbons (Fsp3) is 0.438. The number of hydrogen-bond acceptors (Lipinski definition) is 4. The molecule has 0 radical (unpaired) electrons. The van der Waals surface area contributed by atoms with Crippen LogP contribution in [-0.4, -0.2) is 55.8 Å². The number of piperazine rings is 1. The predicted molar refractivity (Wildman–Crippen MR) is 148 cm³/mol. The van der Waals surface area contributed by atoms with Crippen molar-refractivity contribution < 1.29 is 5.11 Å². The summed E-state index contributed by atoms with van der Waals surface area (Å²) < 4.78 is 0. The van der Waals surface area contributed by atoms with Gasteiger partial charge in [0.05, 0.1) is 0 Å². The van der Waals surface area contributed by atoms with Crippen LogP contribution in [0, 0.1) is 5.92 Å². The van der Waals surface area contributed by atoms with Crippen molar-refractivity contribution in [2.75, 3.05) is 50.7 Å². The molecule has 2 N–H and O–H groups in total. The Kier molecular flexibility index (Phi) is 6.98. The zero-order chi connectivity index (χ0) is 24.3. The summed E-state index contributed by atoms with van der Waals surface area (Å²) in [5.41, 5.74) is 6.82. The molecule has 0 spiro atoms. The van der Waals surface area contributed by atoms with Crippen molar-refractivity contribution in [3.05, 3.63) is 95.1 Å². The van der Waals surface area contributed by atoms with E-state index in [0.717, 1.165) is 44.9 Å². The maximum atomic E-state index is 10.1. The van der Waals surface area contributed by atoms with E-state index < -0.39 is 0 Å². The van der Waals surface area contributed by atoms with Gasteiger partial charge in [-0.05, 0) is 84.0 Å². The molecule has 2 fully saturated rings. The Morgan fingerprint density at radius 2 is 1.53 bits per heavy atom. The summed E-state index contributed by atoms with van der Waals surface area (Å²) in [4.78, 5) is 5.23. The monoisotopic (exact) mass is 481 g/mol.